The Balaban J connectivity index is 3.11. The summed E-state index contributed by atoms with van der Waals surface area (Å²) in [4.78, 5) is 22.8. The summed E-state index contributed by atoms with van der Waals surface area (Å²) in [5.41, 5.74) is 0.333. The summed E-state index contributed by atoms with van der Waals surface area (Å²) in [5, 5.41) is 9.54. The molecule has 90 valence electrons. The fourth-order valence-electron chi connectivity index (χ4n) is 1.28. The van der Waals surface area contributed by atoms with Crippen LogP contribution in [0.4, 0.5) is 0 Å². The second-order valence-electron chi connectivity index (χ2n) is 3.39. The molecule has 0 aliphatic rings. The highest BCUT2D eigenvalue weighted by atomic mass is 16.5. The molecule has 4 heteroatoms. The number of Topliss-reactive ketones (excluding diaryl/α,β-unsaturated/α-hetero) is 1. The number of hydrogen-bond acceptors (Lipinski definition) is 4. The molecule has 0 aliphatic heterocycles. The normalized spacial score (nSPS) is 11.1. The molecule has 0 amide bonds. The van der Waals surface area contributed by atoms with Crippen LogP contribution in [0.1, 0.15) is 19.4 Å². The third-order valence-electron chi connectivity index (χ3n) is 2.11. The molecule has 0 bridgehead atoms. The van der Waals surface area contributed by atoms with Gasteiger partial charge in [0.1, 0.15) is 11.3 Å². The molecular weight excluding hydrogens is 220 g/mol. The van der Waals surface area contributed by atoms with Gasteiger partial charge in [0.2, 0.25) is 0 Å². The van der Waals surface area contributed by atoms with Crippen LogP contribution >= 0.6 is 0 Å². The largest absolute Gasteiger partial charge is 0.507 e. The molecule has 0 radical (unpaired) electrons. The van der Waals surface area contributed by atoms with E-state index in [2.05, 4.69) is 0 Å². The lowest BCUT2D eigenvalue weighted by Gasteiger charge is -2.04. The maximum atomic E-state index is 11.5. The molecule has 0 saturated carbocycles. The van der Waals surface area contributed by atoms with E-state index in [0.29, 0.717) is 5.56 Å². The van der Waals surface area contributed by atoms with Gasteiger partial charge in [-0.2, -0.15) is 0 Å². The Hall–Kier alpha value is -2.10. The first-order valence-electron chi connectivity index (χ1n) is 5.24. The second kappa shape index (κ2) is 5.84. The van der Waals surface area contributed by atoms with Crippen LogP contribution in [-0.2, 0) is 14.3 Å². The summed E-state index contributed by atoms with van der Waals surface area (Å²) in [6, 6.07) is 6.45. The summed E-state index contributed by atoms with van der Waals surface area (Å²) in [5.74, 6) is -1.06. The molecule has 1 rings (SSSR count). The van der Waals surface area contributed by atoms with Gasteiger partial charge in [-0.15, -0.1) is 0 Å². The van der Waals surface area contributed by atoms with Crippen LogP contribution in [0.15, 0.2) is 29.8 Å². The lowest BCUT2D eigenvalue weighted by Crippen LogP contribution is -2.13. The molecule has 0 unspecified atom stereocenters. The number of hydrogen-bond donors (Lipinski definition) is 1. The van der Waals surface area contributed by atoms with Crippen LogP contribution in [0, 0.1) is 0 Å². The number of rotatable bonds is 4. The molecule has 0 saturated heterocycles. The first-order chi connectivity index (χ1) is 8.06. The van der Waals surface area contributed by atoms with E-state index in [1.807, 2.05) is 0 Å². The minimum absolute atomic E-state index is 0.00977. The van der Waals surface area contributed by atoms with E-state index >= 15 is 0 Å². The van der Waals surface area contributed by atoms with Gasteiger partial charge in [-0.05, 0) is 26.0 Å². The quantitative estimate of drug-likeness (QED) is 0.374. The van der Waals surface area contributed by atoms with Gasteiger partial charge >= 0.3 is 5.97 Å². The Morgan fingerprint density at radius 2 is 2.00 bits per heavy atom. The fraction of sp³-hybridized carbons (Fsp3) is 0.231. The van der Waals surface area contributed by atoms with Gasteiger partial charge < -0.3 is 9.84 Å². The number of ketones is 1. The average molecular weight is 234 g/mol. The average Bonchev–Trinajstić information content (AvgIpc) is 2.27. The van der Waals surface area contributed by atoms with Gasteiger partial charge in [0, 0.05) is 5.56 Å². The third kappa shape index (κ3) is 3.45. The number of para-hydroxylation sites is 1. The van der Waals surface area contributed by atoms with Crippen molar-refractivity contribution in [1.82, 2.24) is 0 Å². The summed E-state index contributed by atoms with van der Waals surface area (Å²) in [6.45, 7) is 3.14. The van der Waals surface area contributed by atoms with Crippen molar-refractivity contribution in [3.63, 3.8) is 0 Å². The van der Waals surface area contributed by atoms with Crippen molar-refractivity contribution in [2.24, 2.45) is 0 Å². The van der Waals surface area contributed by atoms with E-state index in [1.165, 1.54) is 19.1 Å². The van der Waals surface area contributed by atoms with Crippen molar-refractivity contribution in [2.45, 2.75) is 13.8 Å². The number of carbonyl (C=O) groups is 2. The number of esters is 1. The first kappa shape index (κ1) is 13.0. The summed E-state index contributed by atoms with van der Waals surface area (Å²) in [6.07, 6.45) is 1.33. The van der Waals surface area contributed by atoms with Gasteiger partial charge in [-0.1, -0.05) is 18.2 Å². The van der Waals surface area contributed by atoms with E-state index in [0.717, 1.165) is 0 Å². The standard InChI is InChI=1S/C13H14O4/c1-3-17-13(16)11(9(2)14)8-10-6-4-5-7-12(10)15/h4-8,15H,3H2,1-2H3/b11-8-. The van der Waals surface area contributed by atoms with Gasteiger partial charge in [-0.3, -0.25) is 4.79 Å². The Bertz CT molecular complexity index is 460. The van der Waals surface area contributed by atoms with Gasteiger partial charge in [0.25, 0.3) is 0 Å². The van der Waals surface area contributed by atoms with Crippen molar-refractivity contribution in [1.29, 1.82) is 0 Å². The maximum Gasteiger partial charge on any atom is 0.341 e. The number of aromatic hydroxyl groups is 1. The third-order valence-corrected chi connectivity index (χ3v) is 2.11. The smallest absolute Gasteiger partial charge is 0.341 e. The molecule has 4 nitrogen and oxygen atoms in total. The monoisotopic (exact) mass is 234 g/mol. The van der Waals surface area contributed by atoms with Crippen LogP contribution in [0.25, 0.3) is 6.08 Å². The number of benzene rings is 1. The van der Waals surface area contributed by atoms with Crippen molar-refractivity contribution in [2.75, 3.05) is 6.61 Å². The van der Waals surface area contributed by atoms with Crippen molar-refractivity contribution in [3.8, 4) is 5.75 Å². The van der Waals surface area contributed by atoms with E-state index < -0.39 is 11.8 Å². The molecule has 1 aromatic rings. The van der Waals surface area contributed by atoms with Gasteiger partial charge in [0.15, 0.2) is 5.78 Å². The van der Waals surface area contributed by atoms with Gasteiger partial charge in [-0.25, -0.2) is 4.79 Å². The molecule has 0 atom stereocenters. The Kier molecular flexibility index (Phi) is 4.46. The second-order valence-corrected chi connectivity index (χ2v) is 3.39. The SMILES string of the molecule is CCOC(=O)/C(=C\c1ccccc1O)C(C)=O. The zero-order chi connectivity index (χ0) is 12.8. The lowest BCUT2D eigenvalue weighted by atomic mass is 10.1. The first-order valence-corrected chi connectivity index (χ1v) is 5.24. The zero-order valence-corrected chi connectivity index (χ0v) is 9.77. The van der Waals surface area contributed by atoms with Crippen LogP contribution in [0.2, 0.25) is 0 Å². The molecular formula is C13H14O4. The van der Waals surface area contributed by atoms with Crippen LogP contribution < -0.4 is 0 Å². The Morgan fingerprint density at radius 1 is 1.35 bits per heavy atom. The number of ether oxygens (including phenoxy) is 1. The van der Waals surface area contributed by atoms with E-state index in [4.69, 9.17) is 4.74 Å². The number of phenols is 1. The highest BCUT2D eigenvalue weighted by molar-refractivity contribution is 6.19. The molecule has 0 fully saturated rings. The summed E-state index contributed by atoms with van der Waals surface area (Å²) in [7, 11) is 0. The minimum Gasteiger partial charge on any atom is -0.507 e. The van der Waals surface area contributed by atoms with E-state index in [-0.39, 0.29) is 17.9 Å². The predicted octanol–water partition coefficient (Wildman–Crippen LogP) is 1.93. The molecule has 1 aromatic carbocycles. The summed E-state index contributed by atoms with van der Waals surface area (Å²) < 4.78 is 4.77. The van der Waals surface area contributed by atoms with Crippen molar-refractivity contribution in [3.05, 3.63) is 35.4 Å². The van der Waals surface area contributed by atoms with Crippen LogP contribution in [-0.4, -0.2) is 23.5 Å². The van der Waals surface area contributed by atoms with Crippen LogP contribution in [0.3, 0.4) is 0 Å². The van der Waals surface area contributed by atoms with E-state index in [9.17, 15) is 14.7 Å². The lowest BCUT2D eigenvalue weighted by molar-refractivity contribution is -0.139. The fourth-order valence-corrected chi connectivity index (χ4v) is 1.28. The number of phenolic OH excluding ortho intramolecular Hbond substituents is 1. The van der Waals surface area contributed by atoms with Crippen molar-refractivity contribution < 1.29 is 19.4 Å². The molecule has 0 spiro atoms. The zero-order valence-electron chi connectivity index (χ0n) is 9.77. The van der Waals surface area contributed by atoms with Gasteiger partial charge in [0.05, 0.1) is 6.61 Å². The molecule has 1 N–H and O–H groups in total. The molecule has 17 heavy (non-hydrogen) atoms. The van der Waals surface area contributed by atoms with Crippen LogP contribution in [0.5, 0.6) is 5.75 Å². The number of carbonyl (C=O) groups excluding carboxylic acids is 2. The highest BCUT2D eigenvalue weighted by Crippen LogP contribution is 2.19. The maximum absolute atomic E-state index is 11.5. The topological polar surface area (TPSA) is 63.6 Å². The highest BCUT2D eigenvalue weighted by Gasteiger charge is 2.16. The predicted molar refractivity (Wildman–Crippen MR) is 63.4 cm³/mol. The molecule has 0 aliphatic carbocycles. The summed E-state index contributed by atoms with van der Waals surface area (Å²) >= 11 is 0. The Morgan fingerprint density at radius 3 is 2.53 bits per heavy atom. The Labute approximate surface area is 99.5 Å². The minimum atomic E-state index is -0.678. The van der Waals surface area contributed by atoms with E-state index in [1.54, 1.807) is 25.1 Å². The molecule has 0 heterocycles. The van der Waals surface area contributed by atoms with Crippen molar-refractivity contribution >= 4 is 17.8 Å². The molecule has 0 aromatic heterocycles.